The number of piperidine rings is 1. The molecule has 1 unspecified atom stereocenters. The van der Waals surface area contributed by atoms with Gasteiger partial charge in [-0.05, 0) is 42.7 Å². The van der Waals surface area contributed by atoms with Crippen LogP contribution >= 0.6 is 23.1 Å². The number of carbonyl (C=O) groups is 1. The van der Waals surface area contributed by atoms with Gasteiger partial charge in [-0.25, -0.2) is 8.42 Å². The standard InChI is InChI=1S/C24H26N2O3S3/c27-24(23(19-10-4-1-5-11-19)31-20-12-6-2-7-13-20)25-18-21-14-15-22(30-21)32(28,29)26-16-8-3-9-17-26/h1-2,4-7,10-15,23H,3,8-9,16-18H2,(H,25,27). The van der Waals surface area contributed by atoms with Crippen molar-refractivity contribution < 1.29 is 13.2 Å². The van der Waals surface area contributed by atoms with Crippen LogP contribution in [0, 0.1) is 0 Å². The molecule has 1 N–H and O–H groups in total. The first-order chi connectivity index (χ1) is 15.5. The van der Waals surface area contributed by atoms with Crippen molar-refractivity contribution in [3.8, 4) is 0 Å². The number of thiophene rings is 1. The van der Waals surface area contributed by atoms with Crippen LogP contribution in [-0.4, -0.2) is 31.7 Å². The molecule has 32 heavy (non-hydrogen) atoms. The van der Waals surface area contributed by atoms with Gasteiger partial charge in [0.05, 0.1) is 6.54 Å². The zero-order valence-electron chi connectivity index (χ0n) is 17.6. The number of rotatable bonds is 8. The maximum atomic E-state index is 13.1. The molecule has 1 atom stereocenters. The fourth-order valence-electron chi connectivity index (χ4n) is 3.63. The van der Waals surface area contributed by atoms with E-state index in [1.54, 1.807) is 16.4 Å². The molecular weight excluding hydrogens is 460 g/mol. The van der Waals surface area contributed by atoms with E-state index in [9.17, 15) is 13.2 Å². The van der Waals surface area contributed by atoms with Crippen molar-refractivity contribution in [3.05, 3.63) is 83.2 Å². The monoisotopic (exact) mass is 486 g/mol. The van der Waals surface area contributed by atoms with Crippen molar-refractivity contribution in [2.75, 3.05) is 13.1 Å². The Hall–Kier alpha value is -2.13. The van der Waals surface area contributed by atoms with Crippen molar-refractivity contribution in [2.24, 2.45) is 0 Å². The number of hydrogen-bond acceptors (Lipinski definition) is 5. The van der Waals surface area contributed by atoms with E-state index in [1.807, 2.05) is 60.7 Å². The number of hydrogen-bond donors (Lipinski definition) is 1. The Bertz CT molecular complexity index is 1130. The minimum Gasteiger partial charge on any atom is -0.350 e. The third-order valence-corrected chi connectivity index (χ3v) is 10.0. The normalized spacial score (nSPS) is 15.9. The first-order valence-electron chi connectivity index (χ1n) is 10.7. The number of benzene rings is 2. The van der Waals surface area contributed by atoms with Crippen molar-refractivity contribution >= 4 is 39.0 Å². The maximum absolute atomic E-state index is 13.1. The molecule has 168 valence electrons. The predicted molar refractivity (Wildman–Crippen MR) is 130 cm³/mol. The summed E-state index contributed by atoms with van der Waals surface area (Å²) in [5, 5.41) is 2.61. The molecule has 1 aliphatic heterocycles. The van der Waals surface area contributed by atoms with E-state index in [4.69, 9.17) is 0 Å². The lowest BCUT2D eigenvalue weighted by Crippen LogP contribution is -2.35. The highest BCUT2D eigenvalue weighted by Gasteiger charge is 2.27. The summed E-state index contributed by atoms with van der Waals surface area (Å²) < 4.78 is 27.7. The molecule has 0 bridgehead atoms. The summed E-state index contributed by atoms with van der Waals surface area (Å²) in [6.45, 7) is 1.47. The van der Waals surface area contributed by atoms with Crippen LogP contribution in [0.4, 0.5) is 0 Å². The van der Waals surface area contributed by atoms with E-state index < -0.39 is 15.3 Å². The van der Waals surface area contributed by atoms with Gasteiger partial charge in [-0.1, -0.05) is 55.0 Å². The predicted octanol–water partition coefficient (Wildman–Crippen LogP) is 5.07. The molecule has 1 fully saturated rings. The van der Waals surface area contributed by atoms with Crippen LogP contribution in [-0.2, 0) is 21.4 Å². The minimum atomic E-state index is -3.44. The summed E-state index contributed by atoms with van der Waals surface area (Å²) >= 11 is 2.74. The summed E-state index contributed by atoms with van der Waals surface area (Å²) in [5.74, 6) is -0.0982. The molecule has 0 aliphatic carbocycles. The fraction of sp³-hybridized carbons (Fsp3) is 0.292. The van der Waals surface area contributed by atoms with Crippen LogP contribution in [0.5, 0.6) is 0 Å². The number of carbonyl (C=O) groups excluding carboxylic acids is 1. The Morgan fingerprint density at radius 1 is 0.938 bits per heavy atom. The van der Waals surface area contributed by atoms with Crippen molar-refractivity contribution in [3.63, 3.8) is 0 Å². The molecule has 4 rings (SSSR count). The van der Waals surface area contributed by atoms with Crippen LogP contribution in [0.2, 0.25) is 0 Å². The molecule has 3 aromatic rings. The van der Waals surface area contributed by atoms with Gasteiger partial charge in [0.1, 0.15) is 9.46 Å². The molecule has 1 amide bonds. The van der Waals surface area contributed by atoms with Crippen LogP contribution in [0.1, 0.15) is 35.0 Å². The third kappa shape index (κ3) is 5.61. The summed E-state index contributed by atoms with van der Waals surface area (Å²) in [7, 11) is -3.44. The van der Waals surface area contributed by atoms with Crippen molar-refractivity contribution in [2.45, 2.75) is 40.2 Å². The highest BCUT2D eigenvalue weighted by Crippen LogP contribution is 2.35. The van der Waals surface area contributed by atoms with E-state index in [0.29, 0.717) is 23.8 Å². The topological polar surface area (TPSA) is 66.5 Å². The summed E-state index contributed by atoms with van der Waals surface area (Å²) in [6, 6.07) is 23.0. The average Bonchev–Trinajstić information content (AvgIpc) is 3.33. The van der Waals surface area contributed by atoms with Gasteiger partial charge in [-0.15, -0.1) is 23.1 Å². The Morgan fingerprint density at radius 2 is 1.59 bits per heavy atom. The highest BCUT2D eigenvalue weighted by atomic mass is 32.2. The smallest absolute Gasteiger partial charge is 0.252 e. The van der Waals surface area contributed by atoms with Gasteiger partial charge in [-0.2, -0.15) is 4.31 Å². The molecule has 1 saturated heterocycles. The molecule has 0 saturated carbocycles. The lowest BCUT2D eigenvalue weighted by molar-refractivity contribution is -0.120. The Kier molecular flexibility index (Phi) is 7.67. The molecule has 1 aliphatic rings. The first-order valence-corrected chi connectivity index (χ1v) is 13.8. The zero-order valence-corrected chi connectivity index (χ0v) is 20.1. The maximum Gasteiger partial charge on any atom is 0.252 e. The second-order valence-electron chi connectivity index (χ2n) is 7.62. The molecule has 0 spiro atoms. The second kappa shape index (κ2) is 10.7. The summed E-state index contributed by atoms with van der Waals surface area (Å²) in [4.78, 5) is 15.0. The van der Waals surface area contributed by atoms with E-state index in [0.717, 1.165) is 34.6 Å². The van der Waals surface area contributed by atoms with Crippen LogP contribution in [0.15, 0.2) is 81.9 Å². The van der Waals surface area contributed by atoms with Crippen LogP contribution < -0.4 is 5.32 Å². The van der Waals surface area contributed by atoms with E-state index in [1.165, 1.54) is 23.1 Å². The molecule has 5 nitrogen and oxygen atoms in total. The summed E-state index contributed by atoms with van der Waals surface area (Å²) in [6.07, 6.45) is 2.90. The second-order valence-corrected chi connectivity index (χ2v) is 12.1. The van der Waals surface area contributed by atoms with E-state index in [2.05, 4.69) is 5.32 Å². The van der Waals surface area contributed by atoms with E-state index in [-0.39, 0.29) is 5.91 Å². The number of sulfonamides is 1. The van der Waals surface area contributed by atoms with Crippen molar-refractivity contribution in [1.82, 2.24) is 9.62 Å². The molecule has 2 aromatic carbocycles. The van der Waals surface area contributed by atoms with E-state index >= 15 is 0 Å². The van der Waals surface area contributed by atoms with Gasteiger partial charge in [0.25, 0.3) is 10.0 Å². The Morgan fingerprint density at radius 3 is 2.28 bits per heavy atom. The Labute approximate surface area is 197 Å². The lowest BCUT2D eigenvalue weighted by Gasteiger charge is -2.25. The number of amides is 1. The van der Waals surface area contributed by atoms with Gasteiger partial charge in [0.2, 0.25) is 5.91 Å². The summed E-state index contributed by atoms with van der Waals surface area (Å²) in [5.41, 5.74) is 0.929. The number of nitrogens with one attached hydrogen (secondary N) is 1. The molecule has 0 radical (unpaired) electrons. The molecule has 8 heteroatoms. The highest BCUT2D eigenvalue weighted by molar-refractivity contribution is 8.00. The Balaban J connectivity index is 1.44. The van der Waals surface area contributed by atoms with Crippen LogP contribution in [0.25, 0.3) is 0 Å². The van der Waals surface area contributed by atoms with Gasteiger partial charge in [0, 0.05) is 22.9 Å². The van der Waals surface area contributed by atoms with Gasteiger partial charge >= 0.3 is 0 Å². The SMILES string of the molecule is O=C(NCc1ccc(S(=O)(=O)N2CCCCC2)s1)C(Sc1ccccc1)c1ccccc1. The fourth-order valence-corrected chi connectivity index (χ4v) is 7.66. The molecular formula is C24H26N2O3S3. The van der Waals surface area contributed by atoms with Gasteiger partial charge in [0.15, 0.2) is 0 Å². The molecule has 2 heterocycles. The third-order valence-electron chi connectivity index (χ3n) is 5.32. The number of thioether (sulfide) groups is 1. The van der Waals surface area contributed by atoms with Crippen molar-refractivity contribution in [1.29, 1.82) is 0 Å². The largest absolute Gasteiger partial charge is 0.350 e. The van der Waals surface area contributed by atoms with Crippen LogP contribution in [0.3, 0.4) is 0 Å². The quantitative estimate of drug-likeness (QED) is 0.451. The lowest BCUT2D eigenvalue weighted by atomic mass is 10.1. The number of nitrogens with zero attached hydrogens (tertiary/aromatic N) is 1. The average molecular weight is 487 g/mol. The first kappa shape index (κ1) is 23.0. The van der Waals surface area contributed by atoms with Gasteiger partial charge in [-0.3, -0.25) is 4.79 Å². The van der Waals surface area contributed by atoms with Gasteiger partial charge < -0.3 is 5.32 Å². The zero-order chi connectivity index (χ0) is 22.4. The molecule has 1 aromatic heterocycles. The minimum absolute atomic E-state index is 0.0982.